The minimum Gasteiger partial charge on any atom is -0.390 e. The Bertz CT molecular complexity index is 85.3. The maximum atomic E-state index is 9.12. The van der Waals surface area contributed by atoms with Gasteiger partial charge in [-0.15, -0.1) is 0 Å². The van der Waals surface area contributed by atoms with Crippen LogP contribution in [0, 0.1) is 5.92 Å². The number of rotatable bonds is 0. The fourth-order valence-corrected chi connectivity index (χ4v) is 1.28. The lowest BCUT2D eigenvalue weighted by molar-refractivity contribution is -0.0257. The molecule has 0 spiro atoms. The second-order valence-corrected chi connectivity index (χ2v) is 2.91. The van der Waals surface area contributed by atoms with Crippen molar-refractivity contribution in [3.05, 3.63) is 0 Å². The minimum atomic E-state index is -1.08. The molecule has 0 amide bonds. The van der Waals surface area contributed by atoms with Gasteiger partial charge in [0, 0.05) is 12.0 Å². The summed E-state index contributed by atoms with van der Waals surface area (Å²) in [5, 5.41) is 27.2. The van der Waals surface area contributed by atoms with Crippen LogP contribution < -0.4 is 5.73 Å². The quantitative estimate of drug-likeness (QED) is 0.320. The number of nitrogens with two attached hydrogens (primary N) is 1. The smallest absolute Gasteiger partial charge is 0.108 e. The third-order valence-corrected chi connectivity index (χ3v) is 2.24. The van der Waals surface area contributed by atoms with Crippen molar-refractivity contribution in [1.29, 1.82) is 0 Å². The first kappa shape index (κ1) is 7.94. The largest absolute Gasteiger partial charge is 0.390 e. The lowest BCUT2D eigenvalue weighted by Gasteiger charge is -2.12. The highest BCUT2D eigenvalue weighted by Crippen LogP contribution is 2.24. The summed E-state index contributed by atoms with van der Waals surface area (Å²) in [5.41, 5.74) is 5.43. The lowest BCUT2D eigenvalue weighted by atomic mass is 10.1. The maximum absolute atomic E-state index is 9.12. The van der Waals surface area contributed by atoms with Gasteiger partial charge in [-0.2, -0.15) is 0 Å². The van der Waals surface area contributed by atoms with Crippen molar-refractivity contribution in [3.63, 3.8) is 0 Å². The van der Waals surface area contributed by atoms with Gasteiger partial charge in [0.2, 0.25) is 0 Å². The van der Waals surface area contributed by atoms with Crippen molar-refractivity contribution in [2.75, 3.05) is 0 Å². The van der Waals surface area contributed by atoms with E-state index in [0.717, 1.165) is 0 Å². The number of hydrogen-bond acceptors (Lipinski definition) is 4. The SMILES string of the molecule is C[C@H]1[C@H](N)[C@H](O)[C@@H](O)[C@H]1O. The molecule has 1 aliphatic carbocycles. The van der Waals surface area contributed by atoms with Crippen LogP contribution >= 0.6 is 0 Å². The molecule has 1 saturated carbocycles. The predicted octanol–water partition coefficient (Wildman–Crippen LogP) is -1.95. The fourth-order valence-electron chi connectivity index (χ4n) is 1.28. The van der Waals surface area contributed by atoms with Crippen molar-refractivity contribution in [1.82, 2.24) is 0 Å². The van der Waals surface area contributed by atoms with Crippen LogP contribution in [-0.4, -0.2) is 39.7 Å². The average Bonchev–Trinajstić information content (AvgIpc) is 2.07. The Balaban J connectivity index is 2.68. The van der Waals surface area contributed by atoms with Crippen molar-refractivity contribution >= 4 is 0 Å². The van der Waals surface area contributed by atoms with E-state index < -0.39 is 24.4 Å². The highest BCUT2D eigenvalue weighted by molar-refractivity contribution is 4.98. The zero-order valence-corrected chi connectivity index (χ0v) is 5.81. The molecule has 1 aliphatic rings. The molecule has 0 aliphatic heterocycles. The highest BCUT2D eigenvalue weighted by Gasteiger charge is 2.44. The van der Waals surface area contributed by atoms with Crippen LogP contribution in [0.1, 0.15) is 6.92 Å². The van der Waals surface area contributed by atoms with Gasteiger partial charge >= 0.3 is 0 Å². The second kappa shape index (κ2) is 2.47. The van der Waals surface area contributed by atoms with E-state index in [9.17, 15) is 0 Å². The van der Waals surface area contributed by atoms with Crippen LogP contribution in [0.3, 0.4) is 0 Å². The van der Waals surface area contributed by atoms with Crippen LogP contribution in [0.15, 0.2) is 0 Å². The molecule has 0 aromatic carbocycles. The summed E-state index contributed by atoms with van der Waals surface area (Å²) in [6.45, 7) is 1.70. The number of aliphatic hydroxyl groups is 3. The molecule has 1 fully saturated rings. The Labute approximate surface area is 59.3 Å². The van der Waals surface area contributed by atoms with E-state index in [-0.39, 0.29) is 5.92 Å². The Morgan fingerprint density at radius 3 is 1.60 bits per heavy atom. The molecule has 5 N–H and O–H groups in total. The van der Waals surface area contributed by atoms with Gasteiger partial charge in [0.15, 0.2) is 0 Å². The van der Waals surface area contributed by atoms with E-state index in [1.165, 1.54) is 0 Å². The second-order valence-electron chi connectivity index (χ2n) is 2.91. The standard InChI is InChI=1S/C6H13NO3/c1-2-3(7)5(9)6(10)4(2)8/h2-6,8-10H,7H2,1H3/t2-,3-,4-,5-,6-/m0/s1. The molecule has 4 nitrogen and oxygen atoms in total. The molecule has 60 valence electrons. The Hall–Kier alpha value is -0.160. The molecule has 0 aromatic heterocycles. The van der Waals surface area contributed by atoms with Gasteiger partial charge < -0.3 is 21.1 Å². The summed E-state index contributed by atoms with van der Waals surface area (Å²) >= 11 is 0. The molecule has 0 radical (unpaired) electrons. The number of hydrogen-bond donors (Lipinski definition) is 4. The first-order chi connectivity index (χ1) is 4.55. The monoisotopic (exact) mass is 147 g/mol. The molecular formula is C6H13NO3. The lowest BCUT2D eigenvalue weighted by Crippen LogP contribution is -2.37. The van der Waals surface area contributed by atoms with Crippen LogP contribution in [0.25, 0.3) is 0 Å². The van der Waals surface area contributed by atoms with Crippen LogP contribution in [0.2, 0.25) is 0 Å². The third kappa shape index (κ3) is 0.932. The van der Waals surface area contributed by atoms with Gasteiger partial charge in [0.1, 0.15) is 6.10 Å². The van der Waals surface area contributed by atoms with Crippen LogP contribution in [-0.2, 0) is 0 Å². The molecule has 5 atom stereocenters. The first-order valence-electron chi connectivity index (χ1n) is 3.35. The van der Waals surface area contributed by atoms with E-state index in [0.29, 0.717) is 0 Å². The summed E-state index contributed by atoms with van der Waals surface area (Å²) in [6, 6.07) is -0.509. The van der Waals surface area contributed by atoms with Crippen molar-refractivity contribution in [2.45, 2.75) is 31.3 Å². The molecule has 4 heteroatoms. The summed E-state index contributed by atoms with van der Waals surface area (Å²) < 4.78 is 0. The fraction of sp³-hybridized carbons (Fsp3) is 1.00. The average molecular weight is 147 g/mol. The van der Waals surface area contributed by atoms with E-state index in [2.05, 4.69) is 0 Å². The maximum Gasteiger partial charge on any atom is 0.108 e. The summed E-state index contributed by atoms with van der Waals surface area (Å²) in [7, 11) is 0. The van der Waals surface area contributed by atoms with Crippen molar-refractivity contribution in [2.24, 2.45) is 11.7 Å². The van der Waals surface area contributed by atoms with Crippen LogP contribution in [0.5, 0.6) is 0 Å². The van der Waals surface area contributed by atoms with Gasteiger partial charge in [-0.1, -0.05) is 6.92 Å². The summed E-state index contributed by atoms with van der Waals surface area (Å²) in [5.74, 6) is -0.231. The van der Waals surface area contributed by atoms with Gasteiger partial charge in [0.05, 0.1) is 12.2 Å². The Morgan fingerprint density at radius 2 is 1.50 bits per heavy atom. The van der Waals surface area contributed by atoms with E-state index in [4.69, 9.17) is 21.1 Å². The van der Waals surface area contributed by atoms with Crippen LogP contribution in [0.4, 0.5) is 0 Å². The van der Waals surface area contributed by atoms with E-state index >= 15 is 0 Å². The highest BCUT2D eigenvalue weighted by atomic mass is 16.4. The zero-order valence-electron chi connectivity index (χ0n) is 5.81. The summed E-state index contributed by atoms with van der Waals surface area (Å²) in [4.78, 5) is 0. The minimum absolute atomic E-state index is 0.231. The summed E-state index contributed by atoms with van der Waals surface area (Å²) in [6.07, 6.45) is -2.94. The Kier molecular flexibility index (Phi) is 1.96. The number of aliphatic hydroxyl groups excluding tert-OH is 3. The van der Waals surface area contributed by atoms with Crippen molar-refractivity contribution < 1.29 is 15.3 Å². The third-order valence-electron chi connectivity index (χ3n) is 2.24. The molecule has 0 unspecified atom stereocenters. The topological polar surface area (TPSA) is 86.7 Å². The molecule has 0 aromatic rings. The van der Waals surface area contributed by atoms with E-state index in [1.54, 1.807) is 6.92 Å². The predicted molar refractivity (Wildman–Crippen MR) is 35.2 cm³/mol. The molecule has 0 heterocycles. The zero-order chi connectivity index (χ0) is 7.89. The van der Waals surface area contributed by atoms with Crippen molar-refractivity contribution in [3.8, 4) is 0 Å². The first-order valence-corrected chi connectivity index (χ1v) is 3.35. The molecule has 0 bridgehead atoms. The molecule has 1 rings (SSSR count). The van der Waals surface area contributed by atoms with Gasteiger partial charge in [-0.25, -0.2) is 0 Å². The van der Waals surface area contributed by atoms with Gasteiger partial charge in [-0.05, 0) is 0 Å². The normalized spacial score (nSPS) is 55.5. The molecular weight excluding hydrogens is 134 g/mol. The van der Waals surface area contributed by atoms with E-state index in [1.807, 2.05) is 0 Å². The van der Waals surface area contributed by atoms with Gasteiger partial charge in [0.25, 0.3) is 0 Å². The molecule has 10 heavy (non-hydrogen) atoms. The Morgan fingerprint density at radius 1 is 1.00 bits per heavy atom. The molecule has 0 saturated heterocycles. The van der Waals surface area contributed by atoms with Gasteiger partial charge in [-0.3, -0.25) is 0 Å².